The number of nitrogens with one attached hydrogen (secondary N) is 1. The second-order valence-corrected chi connectivity index (χ2v) is 5.93. The normalized spacial score (nSPS) is 15.1. The third-order valence-electron chi connectivity index (χ3n) is 4.20. The van der Waals surface area contributed by atoms with Crippen LogP contribution in [0, 0.1) is 0 Å². The molecule has 0 bridgehead atoms. The number of rotatable bonds is 5. The Kier molecular flexibility index (Phi) is 4.17. The van der Waals surface area contributed by atoms with E-state index in [2.05, 4.69) is 60.8 Å². The molecule has 1 nitrogen and oxygen atoms in total. The summed E-state index contributed by atoms with van der Waals surface area (Å²) in [5.74, 6) is 0. The van der Waals surface area contributed by atoms with Crippen LogP contribution in [0.2, 0.25) is 0 Å². The van der Waals surface area contributed by atoms with E-state index in [1.165, 1.54) is 30.4 Å². The van der Waals surface area contributed by atoms with Gasteiger partial charge in [0.2, 0.25) is 0 Å². The highest BCUT2D eigenvalue weighted by Crippen LogP contribution is 2.22. The van der Waals surface area contributed by atoms with Crippen LogP contribution in [0.4, 0.5) is 0 Å². The van der Waals surface area contributed by atoms with Crippen LogP contribution in [-0.2, 0) is 25.8 Å². The molecule has 0 aliphatic heterocycles. The van der Waals surface area contributed by atoms with Crippen molar-refractivity contribution in [3.63, 3.8) is 0 Å². The summed E-state index contributed by atoms with van der Waals surface area (Å²) in [6.07, 6.45) is 4.96. The number of fused-ring (bicyclic) bond motifs is 1. The lowest BCUT2D eigenvalue weighted by molar-refractivity contribution is 0.545. The number of hydrogen-bond donors (Lipinski definition) is 1. The molecule has 1 unspecified atom stereocenters. The SMILES string of the molecule is CC(Cc1ccccc1)NCc1ccc2c(c1)CCC2. The molecule has 0 fully saturated rings. The first kappa shape index (κ1) is 13.4. The molecule has 0 amide bonds. The Morgan fingerprint density at radius 2 is 1.75 bits per heavy atom. The van der Waals surface area contributed by atoms with E-state index in [-0.39, 0.29) is 0 Å². The molecule has 0 saturated heterocycles. The highest BCUT2D eigenvalue weighted by atomic mass is 14.9. The zero-order valence-electron chi connectivity index (χ0n) is 12.2. The van der Waals surface area contributed by atoms with E-state index in [1.54, 1.807) is 11.1 Å². The van der Waals surface area contributed by atoms with Crippen LogP contribution in [0.5, 0.6) is 0 Å². The Labute approximate surface area is 122 Å². The molecule has 1 heteroatoms. The van der Waals surface area contributed by atoms with Crippen LogP contribution in [0.3, 0.4) is 0 Å². The minimum atomic E-state index is 0.505. The molecule has 1 atom stereocenters. The van der Waals surface area contributed by atoms with Crippen molar-refractivity contribution < 1.29 is 0 Å². The summed E-state index contributed by atoms with van der Waals surface area (Å²) in [6.45, 7) is 3.24. The smallest absolute Gasteiger partial charge is 0.0208 e. The average Bonchev–Trinajstić information content (AvgIpc) is 2.93. The fourth-order valence-electron chi connectivity index (χ4n) is 3.07. The molecule has 0 spiro atoms. The molecular weight excluding hydrogens is 242 g/mol. The topological polar surface area (TPSA) is 12.0 Å². The molecular formula is C19H23N. The van der Waals surface area contributed by atoms with E-state index >= 15 is 0 Å². The van der Waals surface area contributed by atoms with E-state index in [0.29, 0.717) is 6.04 Å². The van der Waals surface area contributed by atoms with Crippen LogP contribution in [0.25, 0.3) is 0 Å². The van der Waals surface area contributed by atoms with Crippen molar-refractivity contribution in [2.24, 2.45) is 0 Å². The first-order chi connectivity index (χ1) is 9.81. The van der Waals surface area contributed by atoms with E-state index in [9.17, 15) is 0 Å². The molecule has 0 aromatic heterocycles. The van der Waals surface area contributed by atoms with Crippen molar-refractivity contribution >= 4 is 0 Å². The van der Waals surface area contributed by atoms with Crippen molar-refractivity contribution in [3.8, 4) is 0 Å². The Morgan fingerprint density at radius 3 is 2.60 bits per heavy atom. The minimum absolute atomic E-state index is 0.505. The maximum atomic E-state index is 3.64. The molecule has 0 heterocycles. The predicted octanol–water partition coefficient (Wildman–Crippen LogP) is 3.90. The average molecular weight is 265 g/mol. The van der Waals surface area contributed by atoms with Crippen LogP contribution in [0.15, 0.2) is 48.5 Å². The third kappa shape index (κ3) is 3.29. The van der Waals surface area contributed by atoms with Crippen molar-refractivity contribution in [1.29, 1.82) is 0 Å². The van der Waals surface area contributed by atoms with Gasteiger partial charge in [-0.05, 0) is 54.9 Å². The number of benzene rings is 2. The molecule has 2 aromatic carbocycles. The van der Waals surface area contributed by atoms with Crippen molar-refractivity contribution in [2.75, 3.05) is 0 Å². The molecule has 1 aliphatic carbocycles. The highest BCUT2D eigenvalue weighted by Gasteiger charge is 2.11. The zero-order chi connectivity index (χ0) is 13.8. The standard InChI is InChI=1S/C19H23N/c1-15(12-16-6-3-2-4-7-16)20-14-17-10-11-18-8-5-9-19(18)13-17/h2-4,6-7,10-11,13,15,20H,5,8-9,12,14H2,1H3. The van der Waals surface area contributed by atoms with Crippen LogP contribution in [0.1, 0.15) is 35.6 Å². The van der Waals surface area contributed by atoms with Gasteiger partial charge in [0.15, 0.2) is 0 Å². The van der Waals surface area contributed by atoms with Crippen LogP contribution < -0.4 is 5.32 Å². The summed E-state index contributed by atoms with van der Waals surface area (Å²) in [6, 6.07) is 18.2. The molecule has 1 N–H and O–H groups in total. The molecule has 20 heavy (non-hydrogen) atoms. The first-order valence-electron chi connectivity index (χ1n) is 7.69. The largest absolute Gasteiger partial charge is 0.310 e. The molecule has 0 saturated carbocycles. The Hall–Kier alpha value is -1.60. The molecule has 2 aromatic rings. The van der Waals surface area contributed by atoms with E-state index < -0.39 is 0 Å². The van der Waals surface area contributed by atoms with Gasteiger partial charge in [-0.25, -0.2) is 0 Å². The summed E-state index contributed by atoms with van der Waals surface area (Å²) in [4.78, 5) is 0. The summed E-state index contributed by atoms with van der Waals surface area (Å²) >= 11 is 0. The minimum Gasteiger partial charge on any atom is -0.310 e. The highest BCUT2D eigenvalue weighted by molar-refractivity contribution is 5.35. The van der Waals surface area contributed by atoms with Gasteiger partial charge < -0.3 is 5.32 Å². The van der Waals surface area contributed by atoms with Gasteiger partial charge in [0, 0.05) is 12.6 Å². The maximum absolute atomic E-state index is 3.64. The van der Waals surface area contributed by atoms with Gasteiger partial charge in [0.05, 0.1) is 0 Å². The summed E-state index contributed by atoms with van der Waals surface area (Å²) in [5.41, 5.74) is 5.96. The Morgan fingerprint density at radius 1 is 0.950 bits per heavy atom. The summed E-state index contributed by atoms with van der Waals surface area (Å²) in [5, 5.41) is 3.64. The van der Waals surface area contributed by atoms with Gasteiger partial charge >= 0.3 is 0 Å². The van der Waals surface area contributed by atoms with Gasteiger partial charge in [0.1, 0.15) is 0 Å². The second-order valence-electron chi connectivity index (χ2n) is 5.93. The van der Waals surface area contributed by atoms with Gasteiger partial charge in [-0.1, -0.05) is 48.5 Å². The Bertz CT molecular complexity index is 559. The molecule has 1 aliphatic rings. The monoisotopic (exact) mass is 265 g/mol. The number of hydrogen-bond acceptors (Lipinski definition) is 1. The lowest BCUT2D eigenvalue weighted by Gasteiger charge is -2.14. The van der Waals surface area contributed by atoms with Gasteiger partial charge in [0.25, 0.3) is 0 Å². The predicted molar refractivity (Wildman–Crippen MR) is 84.9 cm³/mol. The van der Waals surface area contributed by atoms with Crippen molar-refractivity contribution in [3.05, 3.63) is 70.8 Å². The lowest BCUT2D eigenvalue weighted by atomic mass is 10.0. The summed E-state index contributed by atoms with van der Waals surface area (Å²) in [7, 11) is 0. The molecule has 0 radical (unpaired) electrons. The van der Waals surface area contributed by atoms with E-state index in [4.69, 9.17) is 0 Å². The van der Waals surface area contributed by atoms with Crippen LogP contribution in [-0.4, -0.2) is 6.04 Å². The van der Waals surface area contributed by atoms with Gasteiger partial charge in [-0.2, -0.15) is 0 Å². The second kappa shape index (κ2) is 6.23. The van der Waals surface area contributed by atoms with Gasteiger partial charge in [-0.15, -0.1) is 0 Å². The fraction of sp³-hybridized carbons (Fsp3) is 0.368. The maximum Gasteiger partial charge on any atom is 0.0208 e. The molecule has 3 rings (SSSR count). The van der Waals surface area contributed by atoms with E-state index in [1.807, 2.05) is 0 Å². The zero-order valence-corrected chi connectivity index (χ0v) is 12.2. The van der Waals surface area contributed by atoms with Crippen molar-refractivity contribution in [2.45, 2.75) is 45.2 Å². The lowest BCUT2D eigenvalue weighted by Crippen LogP contribution is -2.27. The van der Waals surface area contributed by atoms with Crippen LogP contribution >= 0.6 is 0 Å². The molecule has 104 valence electrons. The third-order valence-corrected chi connectivity index (χ3v) is 4.20. The Balaban J connectivity index is 1.54. The number of aryl methyl sites for hydroxylation is 2. The van der Waals surface area contributed by atoms with Crippen molar-refractivity contribution in [1.82, 2.24) is 5.32 Å². The quantitative estimate of drug-likeness (QED) is 0.864. The first-order valence-corrected chi connectivity index (χ1v) is 7.69. The van der Waals surface area contributed by atoms with Gasteiger partial charge in [-0.3, -0.25) is 0 Å². The summed E-state index contributed by atoms with van der Waals surface area (Å²) < 4.78 is 0. The van der Waals surface area contributed by atoms with E-state index in [0.717, 1.165) is 13.0 Å². The fourth-order valence-corrected chi connectivity index (χ4v) is 3.07.